The van der Waals surface area contributed by atoms with Crippen LogP contribution < -0.4 is 5.48 Å². The molecule has 0 spiro atoms. The van der Waals surface area contributed by atoms with Gasteiger partial charge in [0, 0.05) is 6.07 Å². The summed E-state index contributed by atoms with van der Waals surface area (Å²) in [5.74, 6) is -2.11. The fourth-order valence-electron chi connectivity index (χ4n) is 0.748. The number of carbonyl (C=O) groups is 1. The Balaban J connectivity index is 3.09. The Hall–Kier alpha value is -1.62. The van der Waals surface area contributed by atoms with E-state index >= 15 is 0 Å². The van der Waals surface area contributed by atoms with Crippen molar-refractivity contribution in [3.05, 3.63) is 29.6 Å². The van der Waals surface area contributed by atoms with Gasteiger partial charge in [-0.1, -0.05) is 0 Å². The molecule has 1 aromatic rings. The lowest BCUT2D eigenvalue weighted by molar-refractivity contribution is 0.0702. The van der Waals surface area contributed by atoms with Crippen LogP contribution in [0.5, 0.6) is 5.75 Å². The van der Waals surface area contributed by atoms with Gasteiger partial charge in [0.25, 0.3) is 5.91 Å². The van der Waals surface area contributed by atoms with E-state index in [1.807, 2.05) is 0 Å². The Labute approximate surface area is 67.2 Å². The molecular weight excluding hydrogens is 165 g/mol. The summed E-state index contributed by atoms with van der Waals surface area (Å²) < 4.78 is 12.8. The maximum Gasteiger partial charge on any atom is 0.277 e. The van der Waals surface area contributed by atoms with Crippen LogP contribution in [-0.2, 0) is 0 Å². The molecule has 0 aliphatic heterocycles. The highest BCUT2D eigenvalue weighted by Crippen LogP contribution is 2.14. The highest BCUT2D eigenvalue weighted by Gasteiger charge is 2.10. The third kappa shape index (κ3) is 1.51. The van der Waals surface area contributed by atoms with Gasteiger partial charge in [-0.05, 0) is 12.1 Å². The Morgan fingerprint density at radius 2 is 2.17 bits per heavy atom. The number of amides is 1. The largest absolute Gasteiger partial charge is 0.508 e. The third-order valence-corrected chi connectivity index (χ3v) is 1.30. The first-order chi connectivity index (χ1) is 5.65. The molecule has 0 aliphatic carbocycles. The van der Waals surface area contributed by atoms with Gasteiger partial charge < -0.3 is 5.11 Å². The van der Waals surface area contributed by atoms with Crippen molar-refractivity contribution < 1.29 is 19.5 Å². The van der Waals surface area contributed by atoms with Crippen LogP contribution in [-0.4, -0.2) is 16.2 Å². The SMILES string of the molecule is O=C(NO)c1ccc(O)cc1F. The van der Waals surface area contributed by atoms with Gasteiger partial charge >= 0.3 is 0 Å². The summed E-state index contributed by atoms with van der Waals surface area (Å²) in [5, 5.41) is 16.9. The molecular formula is C7H6FNO3. The zero-order chi connectivity index (χ0) is 9.14. The molecule has 3 N–H and O–H groups in total. The number of hydroxylamine groups is 1. The average molecular weight is 171 g/mol. The van der Waals surface area contributed by atoms with Crippen LogP contribution in [0.4, 0.5) is 4.39 Å². The van der Waals surface area contributed by atoms with E-state index in [1.54, 1.807) is 0 Å². The Morgan fingerprint density at radius 3 is 2.67 bits per heavy atom. The summed E-state index contributed by atoms with van der Waals surface area (Å²) in [4.78, 5) is 10.7. The number of carbonyl (C=O) groups excluding carboxylic acids is 1. The van der Waals surface area contributed by atoms with E-state index in [4.69, 9.17) is 10.3 Å². The predicted octanol–water partition coefficient (Wildman–Crippen LogP) is 0.650. The fraction of sp³-hybridized carbons (Fsp3) is 0. The van der Waals surface area contributed by atoms with Crippen molar-refractivity contribution in [3.8, 4) is 5.75 Å². The van der Waals surface area contributed by atoms with Crippen molar-refractivity contribution in [3.63, 3.8) is 0 Å². The molecule has 5 heteroatoms. The monoisotopic (exact) mass is 171 g/mol. The van der Waals surface area contributed by atoms with E-state index in [9.17, 15) is 9.18 Å². The van der Waals surface area contributed by atoms with Gasteiger partial charge in [-0.25, -0.2) is 9.87 Å². The number of halogens is 1. The molecule has 0 saturated carbocycles. The summed E-state index contributed by atoms with van der Waals surface area (Å²) in [6, 6.07) is 2.99. The normalized spacial score (nSPS) is 9.50. The minimum absolute atomic E-state index is 0.276. The molecule has 0 aliphatic rings. The molecule has 1 amide bonds. The number of hydrogen-bond acceptors (Lipinski definition) is 3. The molecule has 0 saturated heterocycles. The molecule has 0 bridgehead atoms. The first-order valence-corrected chi connectivity index (χ1v) is 3.08. The van der Waals surface area contributed by atoms with E-state index in [0.29, 0.717) is 0 Å². The van der Waals surface area contributed by atoms with Crippen molar-refractivity contribution >= 4 is 5.91 Å². The molecule has 1 rings (SSSR count). The van der Waals surface area contributed by atoms with Crippen LogP contribution in [0, 0.1) is 5.82 Å². The Morgan fingerprint density at radius 1 is 1.50 bits per heavy atom. The smallest absolute Gasteiger partial charge is 0.277 e. The summed E-state index contributed by atoms with van der Waals surface area (Å²) >= 11 is 0. The number of hydrogen-bond donors (Lipinski definition) is 3. The first kappa shape index (κ1) is 8.48. The van der Waals surface area contributed by atoms with Gasteiger partial charge in [0.1, 0.15) is 11.6 Å². The Kier molecular flexibility index (Phi) is 2.25. The molecule has 64 valence electrons. The molecule has 4 nitrogen and oxygen atoms in total. The van der Waals surface area contributed by atoms with Gasteiger partial charge in [0.05, 0.1) is 5.56 Å². The molecule has 0 aromatic heterocycles. The summed E-state index contributed by atoms with van der Waals surface area (Å²) in [6.07, 6.45) is 0. The molecule has 0 fully saturated rings. The minimum Gasteiger partial charge on any atom is -0.508 e. The van der Waals surface area contributed by atoms with Gasteiger partial charge in [-0.3, -0.25) is 10.0 Å². The van der Waals surface area contributed by atoms with Crippen LogP contribution in [0.15, 0.2) is 18.2 Å². The quantitative estimate of drug-likeness (QED) is 0.429. The third-order valence-electron chi connectivity index (χ3n) is 1.30. The predicted molar refractivity (Wildman–Crippen MR) is 37.3 cm³/mol. The summed E-state index contributed by atoms with van der Waals surface area (Å²) in [5.41, 5.74) is 0.957. The molecule has 0 heterocycles. The maximum atomic E-state index is 12.8. The van der Waals surface area contributed by atoms with Gasteiger partial charge in [0.2, 0.25) is 0 Å². The second-order valence-electron chi connectivity index (χ2n) is 2.11. The maximum absolute atomic E-state index is 12.8. The topological polar surface area (TPSA) is 69.6 Å². The first-order valence-electron chi connectivity index (χ1n) is 3.08. The number of aromatic hydroxyl groups is 1. The van der Waals surface area contributed by atoms with E-state index in [-0.39, 0.29) is 11.3 Å². The van der Waals surface area contributed by atoms with Crippen molar-refractivity contribution in [1.82, 2.24) is 5.48 Å². The standard InChI is InChI=1S/C7H6FNO3/c8-6-3-4(10)1-2-5(6)7(11)9-12/h1-3,10,12H,(H,9,11). The zero-order valence-electron chi connectivity index (χ0n) is 5.91. The number of nitrogens with one attached hydrogen (secondary N) is 1. The van der Waals surface area contributed by atoms with Crippen LogP contribution in [0.1, 0.15) is 10.4 Å². The van der Waals surface area contributed by atoms with Crippen LogP contribution in [0.25, 0.3) is 0 Å². The molecule has 0 radical (unpaired) electrons. The summed E-state index contributed by atoms with van der Waals surface area (Å²) in [6.45, 7) is 0. The second kappa shape index (κ2) is 3.19. The van der Waals surface area contributed by atoms with Gasteiger partial charge in [-0.15, -0.1) is 0 Å². The van der Waals surface area contributed by atoms with E-state index < -0.39 is 11.7 Å². The number of benzene rings is 1. The van der Waals surface area contributed by atoms with Gasteiger partial charge in [-0.2, -0.15) is 0 Å². The lowest BCUT2D eigenvalue weighted by Crippen LogP contribution is -2.19. The molecule has 12 heavy (non-hydrogen) atoms. The average Bonchev–Trinajstić information content (AvgIpc) is 2.03. The van der Waals surface area contributed by atoms with Crippen LogP contribution >= 0.6 is 0 Å². The van der Waals surface area contributed by atoms with Crippen molar-refractivity contribution in [2.24, 2.45) is 0 Å². The number of phenolic OH excluding ortho intramolecular Hbond substituents is 1. The van der Waals surface area contributed by atoms with Crippen LogP contribution in [0.3, 0.4) is 0 Å². The lowest BCUT2D eigenvalue weighted by atomic mass is 10.2. The minimum atomic E-state index is -0.951. The number of rotatable bonds is 1. The highest BCUT2D eigenvalue weighted by atomic mass is 19.1. The van der Waals surface area contributed by atoms with E-state index in [2.05, 4.69) is 0 Å². The molecule has 1 aromatic carbocycles. The summed E-state index contributed by atoms with van der Waals surface area (Å²) in [7, 11) is 0. The van der Waals surface area contributed by atoms with Gasteiger partial charge in [0.15, 0.2) is 0 Å². The second-order valence-corrected chi connectivity index (χ2v) is 2.11. The fourth-order valence-corrected chi connectivity index (χ4v) is 0.748. The Bertz CT molecular complexity index is 314. The van der Waals surface area contributed by atoms with Crippen molar-refractivity contribution in [2.75, 3.05) is 0 Å². The van der Waals surface area contributed by atoms with E-state index in [0.717, 1.165) is 18.2 Å². The zero-order valence-corrected chi connectivity index (χ0v) is 5.91. The van der Waals surface area contributed by atoms with E-state index in [1.165, 1.54) is 5.48 Å². The lowest BCUT2D eigenvalue weighted by Gasteiger charge is -1.99. The highest BCUT2D eigenvalue weighted by molar-refractivity contribution is 5.93. The van der Waals surface area contributed by atoms with Crippen molar-refractivity contribution in [1.29, 1.82) is 0 Å². The molecule has 0 unspecified atom stereocenters. The number of phenols is 1. The van der Waals surface area contributed by atoms with Crippen LogP contribution in [0.2, 0.25) is 0 Å². The van der Waals surface area contributed by atoms with Crippen molar-refractivity contribution in [2.45, 2.75) is 0 Å². The molecule has 0 atom stereocenters.